The van der Waals surface area contributed by atoms with Gasteiger partial charge in [-0.15, -0.1) is 0 Å². The van der Waals surface area contributed by atoms with E-state index in [9.17, 15) is 4.57 Å². The van der Waals surface area contributed by atoms with Crippen LogP contribution in [-0.2, 0) is 4.57 Å². The monoisotopic (exact) mass is 230 g/mol. The van der Waals surface area contributed by atoms with Crippen LogP contribution in [0.4, 0.5) is 0 Å². The van der Waals surface area contributed by atoms with Gasteiger partial charge in [0.05, 0.1) is 6.16 Å². The molecule has 1 atom stereocenters. The molecule has 1 N–H and O–H groups in total. The highest BCUT2D eigenvalue weighted by atomic mass is 35.7. The third-order valence-corrected chi connectivity index (χ3v) is 2.56. The SMILES string of the molecule is O=P(O)(Cl)CC(Cl)(Cl)Cl. The third-order valence-electron chi connectivity index (χ3n) is 0.374. The van der Waals surface area contributed by atoms with Crippen LogP contribution in [-0.4, -0.2) is 14.8 Å². The molecular formula is C2H3Cl4O2P. The molecule has 0 bridgehead atoms. The van der Waals surface area contributed by atoms with Crippen LogP contribution in [0.15, 0.2) is 0 Å². The maximum Gasteiger partial charge on any atom is 0.291 e. The van der Waals surface area contributed by atoms with Crippen molar-refractivity contribution >= 4 is 52.8 Å². The Balaban J connectivity index is 3.90. The molecule has 0 saturated carbocycles. The molecule has 0 aromatic rings. The molecule has 0 radical (unpaired) electrons. The largest absolute Gasteiger partial charge is 0.333 e. The molecule has 0 aliphatic heterocycles. The van der Waals surface area contributed by atoms with Crippen LogP contribution < -0.4 is 0 Å². The van der Waals surface area contributed by atoms with Crippen LogP contribution >= 0.6 is 52.8 Å². The molecule has 0 fully saturated rings. The molecule has 7 heteroatoms. The molecule has 0 spiro atoms. The minimum absolute atomic E-state index is 0.535. The summed E-state index contributed by atoms with van der Waals surface area (Å²) in [7, 11) is 0. The van der Waals surface area contributed by atoms with Crippen molar-refractivity contribution < 1.29 is 9.46 Å². The quantitative estimate of drug-likeness (QED) is 0.557. The van der Waals surface area contributed by atoms with E-state index >= 15 is 0 Å². The zero-order valence-electron chi connectivity index (χ0n) is 4.02. The van der Waals surface area contributed by atoms with Gasteiger partial charge >= 0.3 is 0 Å². The van der Waals surface area contributed by atoms with Gasteiger partial charge in [-0.3, -0.25) is 4.57 Å². The average Bonchev–Trinajstić information content (AvgIpc) is 1.14. The molecule has 0 aromatic heterocycles. The number of hydrogen-bond donors (Lipinski definition) is 1. The summed E-state index contributed by atoms with van der Waals surface area (Å²) >= 11 is 20.3. The molecule has 0 aliphatic rings. The highest BCUT2D eigenvalue weighted by molar-refractivity contribution is 7.84. The van der Waals surface area contributed by atoms with E-state index in [0.717, 1.165) is 0 Å². The first kappa shape index (κ1) is 10.3. The average molecular weight is 232 g/mol. The van der Waals surface area contributed by atoms with Crippen molar-refractivity contribution in [2.45, 2.75) is 3.79 Å². The first-order valence-electron chi connectivity index (χ1n) is 1.79. The van der Waals surface area contributed by atoms with Crippen molar-refractivity contribution in [2.24, 2.45) is 0 Å². The van der Waals surface area contributed by atoms with Crippen molar-refractivity contribution in [1.82, 2.24) is 0 Å². The summed E-state index contributed by atoms with van der Waals surface area (Å²) in [6.45, 7) is -3.71. The molecular weight excluding hydrogens is 229 g/mol. The van der Waals surface area contributed by atoms with Gasteiger partial charge in [-0.2, -0.15) is 0 Å². The first-order valence-corrected chi connectivity index (χ1v) is 5.67. The Bertz CT molecular complexity index is 134. The van der Waals surface area contributed by atoms with Crippen LogP contribution in [0.2, 0.25) is 0 Å². The number of hydrogen-bond acceptors (Lipinski definition) is 1. The summed E-state index contributed by atoms with van der Waals surface area (Å²) in [6, 6.07) is 0. The normalized spacial score (nSPS) is 19.2. The van der Waals surface area contributed by atoms with Crippen molar-refractivity contribution in [3.63, 3.8) is 0 Å². The van der Waals surface area contributed by atoms with Crippen molar-refractivity contribution in [3.8, 4) is 0 Å². The summed E-state index contributed by atoms with van der Waals surface area (Å²) in [5.41, 5.74) is 0. The van der Waals surface area contributed by atoms with Gasteiger partial charge in [-0.1, -0.05) is 34.8 Å². The fourth-order valence-electron chi connectivity index (χ4n) is 0.221. The van der Waals surface area contributed by atoms with E-state index < -0.39 is 16.7 Å². The maximum atomic E-state index is 10.3. The van der Waals surface area contributed by atoms with E-state index in [1.807, 2.05) is 0 Å². The third kappa shape index (κ3) is 9.35. The molecule has 0 amide bonds. The summed E-state index contributed by atoms with van der Waals surface area (Å²) in [5, 5.41) is 0. The first-order chi connectivity index (χ1) is 3.71. The maximum absolute atomic E-state index is 10.3. The Morgan fingerprint density at radius 2 is 1.78 bits per heavy atom. The highest BCUT2D eigenvalue weighted by Gasteiger charge is 2.30. The predicted octanol–water partition coefficient (Wildman–Crippen LogP) is 2.78. The van der Waals surface area contributed by atoms with Gasteiger partial charge in [0.25, 0.3) is 6.72 Å². The van der Waals surface area contributed by atoms with E-state index in [0.29, 0.717) is 0 Å². The summed E-state index contributed by atoms with van der Waals surface area (Å²) in [6.07, 6.45) is -0.535. The van der Waals surface area contributed by atoms with Gasteiger partial charge in [-0.25, -0.2) is 0 Å². The Morgan fingerprint density at radius 1 is 1.44 bits per heavy atom. The number of rotatable bonds is 1. The second-order valence-corrected chi connectivity index (χ2v) is 7.04. The number of halogens is 4. The molecule has 1 unspecified atom stereocenters. The molecule has 0 heterocycles. The van der Waals surface area contributed by atoms with Crippen LogP contribution in [0.25, 0.3) is 0 Å². The van der Waals surface area contributed by atoms with Crippen LogP contribution in [0.5, 0.6) is 0 Å². The molecule has 0 aliphatic carbocycles. The predicted molar refractivity (Wildman–Crippen MR) is 40.8 cm³/mol. The van der Waals surface area contributed by atoms with Crippen LogP contribution in [0, 0.1) is 0 Å². The molecule has 0 rings (SSSR count). The van der Waals surface area contributed by atoms with E-state index in [2.05, 4.69) is 0 Å². The lowest BCUT2D eigenvalue weighted by Gasteiger charge is -2.09. The lowest BCUT2D eigenvalue weighted by molar-refractivity contribution is 0.496. The Morgan fingerprint density at radius 3 is 1.78 bits per heavy atom. The number of alkyl halides is 3. The lowest BCUT2D eigenvalue weighted by atomic mass is 10.9. The van der Waals surface area contributed by atoms with Gasteiger partial charge in [0.2, 0.25) is 3.79 Å². The van der Waals surface area contributed by atoms with Gasteiger partial charge in [0.15, 0.2) is 0 Å². The second kappa shape index (κ2) is 3.17. The Kier molecular flexibility index (Phi) is 3.64. The van der Waals surface area contributed by atoms with E-state index in [-0.39, 0.29) is 0 Å². The fourth-order valence-corrected chi connectivity index (χ4v) is 3.21. The summed E-state index contributed by atoms with van der Waals surface area (Å²) in [4.78, 5) is 8.42. The topological polar surface area (TPSA) is 37.3 Å². The zero-order valence-corrected chi connectivity index (χ0v) is 7.94. The molecule has 0 saturated heterocycles. The van der Waals surface area contributed by atoms with Crippen molar-refractivity contribution in [1.29, 1.82) is 0 Å². The lowest BCUT2D eigenvalue weighted by Crippen LogP contribution is -2.07. The van der Waals surface area contributed by atoms with Crippen LogP contribution in [0.3, 0.4) is 0 Å². The summed E-state index contributed by atoms with van der Waals surface area (Å²) < 4.78 is 8.55. The Hall–Kier alpha value is 1.35. The Labute approximate surface area is 72.3 Å². The fraction of sp³-hybridized carbons (Fsp3) is 1.00. The van der Waals surface area contributed by atoms with Gasteiger partial charge in [0.1, 0.15) is 0 Å². The zero-order chi connectivity index (χ0) is 7.71. The molecule has 9 heavy (non-hydrogen) atoms. The van der Waals surface area contributed by atoms with Crippen molar-refractivity contribution in [2.75, 3.05) is 6.16 Å². The minimum Gasteiger partial charge on any atom is -0.333 e. The van der Waals surface area contributed by atoms with Gasteiger partial charge < -0.3 is 4.89 Å². The second-order valence-electron chi connectivity index (χ2n) is 1.39. The molecule has 0 aromatic carbocycles. The van der Waals surface area contributed by atoms with Crippen molar-refractivity contribution in [3.05, 3.63) is 0 Å². The highest BCUT2D eigenvalue weighted by Crippen LogP contribution is 2.52. The smallest absolute Gasteiger partial charge is 0.291 e. The molecule has 56 valence electrons. The van der Waals surface area contributed by atoms with E-state index in [4.69, 9.17) is 50.9 Å². The van der Waals surface area contributed by atoms with E-state index in [1.165, 1.54) is 0 Å². The van der Waals surface area contributed by atoms with Gasteiger partial charge in [-0.05, 0) is 11.2 Å². The van der Waals surface area contributed by atoms with E-state index in [1.54, 1.807) is 0 Å². The standard InChI is InChI=1S/C2H3Cl4O2P/c3-2(4,5)1-9(6,7)8/h1H2,(H,7,8). The van der Waals surface area contributed by atoms with Gasteiger partial charge in [0, 0.05) is 0 Å². The summed E-state index contributed by atoms with van der Waals surface area (Å²) in [5.74, 6) is 0. The molecule has 2 nitrogen and oxygen atoms in total. The van der Waals surface area contributed by atoms with Crippen LogP contribution in [0.1, 0.15) is 0 Å². The minimum atomic E-state index is -3.71.